The van der Waals surface area contributed by atoms with Crippen molar-refractivity contribution < 1.29 is 4.74 Å². The molecule has 2 aromatic rings. The molecule has 0 saturated carbocycles. The molecule has 0 aliphatic carbocycles. The molecule has 0 heterocycles. The number of benzene rings is 2. The largest absolute Gasteiger partial charge is 0.457 e. The van der Waals surface area contributed by atoms with Gasteiger partial charge < -0.3 is 10.5 Å². The molecule has 2 N–H and O–H groups in total. The van der Waals surface area contributed by atoms with Gasteiger partial charge in [0, 0.05) is 11.6 Å². The normalized spacial score (nSPS) is 11.6. The van der Waals surface area contributed by atoms with Crippen molar-refractivity contribution in [3.05, 3.63) is 59.7 Å². The van der Waals surface area contributed by atoms with Crippen molar-refractivity contribution in [2.75, 3.05) is 0 Å². The zero-order chi connectivity index (χ0) is 13.7. The highest BCUT2D eigenvalue weighted by Gasteiger charge is 2.07. The Kier molecular flexibility index (Phi) is 4.17. The zero-order valence-corrected chi connectivity index (χ0v) is 10.8. The van der Waals surface area contributed by atoms with Crippen molar-refractivity contribution >= 4 is 0 Å². The van der Waals surface area contributed by atoms with E-state index >= 15 is 0 Å². The summed E-state index contributed by atoms with van der Waals surface area (Å²) in [6.45, 7) is 1.93. The van der Waals surface area contributed by atoms with E-state index in [-0.39, 0.29) is 6.04 Å². The van der Waals surface area contributed by atoms with Crippen molar-refractivity contribution in [2.24, 2.45) is 5.73 Å². The highest BCUT2D eigenvalue weighted by molar-refractivity contribution is 5.40. The number of para-hydroxylation sites is 1. The van der Waals surface area contributed by atoms with Gasteiger partial charge in [-0.15, -0.1) is 0 Å². The topological polar surface area (TPSA) is 59.0 Å². The summed E-state index contributed by atoms with van der Waals surface area (Å²) in [5.41, 5.74) is 7.87. The number of hydrogen-bond donors (Lipinski definition) is 1. The maximum atomic E-state index is 8.63. The van der Waals surface area contributed by atoms with Crippen LogP contribution in [0.2, 0.25) is 0 Å². The van der Waals surface area contributed by atoms with Crippen LogP contribution in [0.15, 0.2) is 48.5 Å². The number of nitrogens with two attached hydrogens (primary N) is 1. The van der Waals surface area contributed by atoms with Crippen LogP contribution in [-0.4, -0.2) is 0 Å². The lowest BCUT2D eigenvalue weighted by atomic mass is 10.1. The Hall–Kier alpha value is -2.31. The molecule has 0 fully saturated rings. The molecule has 0 amide bonds. The predicted octanol–water partition coefficient (Wildman–Crippen LogP) is 3.56. The first kappa shape index (κ1) is 13.1. The van der Waals surface area contributed by atoms with E-state index < -0.39 is 0 Å². The van der Waals surface area contributed by atoms with Crippen LogP contribution in [-0.2, 0) is 6.42 Å². The standard InChI is InChI=1S/C16H16N2O/c1-12(18)15-4-2-3-5-16(15)19-14-8-6-13(7-9-14)10-11-17/h2-9,12H,10,18H2,1H3/t12-/m0/s1. The molecule has 3 heteroatoms. The van der Waals surface area contributed by atoms with Crippen molar-refractivity contribution in [1.29, 1.82) is 5.26 Å². The Bertz CT molecular complexity index is 582. The summed E-state index contributed by atoms with van der Waals surface area (Å²) in [4.78, 5) is 0. The maximum absolute atomic E-state index is 8.63. The van der Waals surface area contributed by atoms with E-state index in [1.807, 2.05) is 55.5 Å². The number of rotatable bonds is 4. The van der Waals surface area contributed by atoms with E-state index in [0.29, 0.717) is 6.42 Å². The lowest BCUT2D eigenvalue weighted by Crippen LogP contribution is -2.06. The van der Waals surface area contributed by atoms with Gasteiger partial charge in [0.15, 0.2) is 0 Å². The third-order valence-corrected chi connectivity index (χ3v) is 2.84. The Morgan fingerprint density at radius 3 is 2.47 bits per heavy atom. The van der Waals surface area contributed by atoms with E-state index in [2.05, 4.69) is 6.07 Å². The zero-order valence-electron chi connectivity index (χ0n) is 10.8. The molecule has 0 aromatic heterocycles. The van der Waals surface area contributed by atoms with Gasteiger partial charge in [0.05, 0.1) is 12.5 Å². The molecule has 3 nitrogen and oxygen atoms in total. The van der Waals surface area contributed by atoms with E-state index in [0.717, 1.165) is 22.6 Å². The van der Waals surface area contributed by atoms with Gasteiger partial charge in [0.2, 0.25) is 0 Å². The Labute approximate surface area is 113 Å². The molecule has 0 aliphatic rings. The molecule has 19 heavy (non-hydrogen) atoms. The summed E-state index contributed by atoms with van der Waals surface area (Å²) < 4.78 is 5.84. The summed E-state index contributed by atoms with van der Waals surface area (Å²) in [5, 5.41) is 8.63. The predicted molar refractivity (Wildman–Crippen MR) is 74.9 cm³/mol. The highest BCUT2D eigenvalue weighted by atomic mass is 16.5. The first-order valence-corrected chi connectivity index (χ1v) is 6.19. The summed E-state index contributed by atoms with van der Waals surface area (Å²) in [5.74, 6) is 1.51. The van der Waals surface area contributed by atoms with Gasteiger partial charge in [0.1, 0.15) is 11.5 Å². The quantitative estimate of drug-likeness (QED) is 0.905. The van der Waals surface area contributed by atoms with Gasteiger partial charge in [-0.05, 0) is 30.7 Å². The van der Waals surface area contributed by atoms with Crippen LogP contribution >= 0.6 is 0 Å². The highest BCUT2D eigenvalue weighted by Crippen LogP contribution is 2.28. The van der Waals surface area contributed by atoms with Crippen LogP contribution in [0.1, 0.15) is 24.1 Å². The average molecular weight is 252 g/mol. The van der Waals surface area contributed by atoms with E-state index in [4.69, 9.17) is 15.7 Å². The van der Waals surface area contributed by atoms with Gasteiger partial charge in [-0.3, -0.25) is 0 Å². The Morgan fingerprint density at radius 1 is 1.16 bits per heavy atom. The van der Waals surface area contributed by atoms with Gasteiger partial charge in [-0.25, -0.2) is 0 Å². The summed E-state index contributed by atoms with van der Waals surface area (Å²) in [6.07, 6.45) is 0.413. The molecule has 2 rings (SSSR count). The van der Waals surface area contributed by atoms with Gasteiger partial charge in [-0.1, -0.05) is 30.3 Å². The van der Waals surface area contributed by atoms with Crippen molar-refractivity contribution in [2.45, 2.75) is 19.4 Å². The van der Waals surface area contributed by atoms with Gasteiger partial charge in [0.25, 0.3) is 0 Å². The van der Waals surface area contributed by atoms with Gasteiger partial charge in [-0.2, -0.15) is 5.26 Å². The van der Waals surface area contributed by atoms with Crippen molar-refractivity contribution in [3.8, 4) is 17.6 Å². The molecule has 1 atom stereocenters. The molecule has 0 bridgehead atoms. The van der Waals surface area contributed by atoms with Crippen molar-refractivity contribution in [3.63, 3.8) is 0 Å². The van der Waals surface area contributed by atoms with Crippen LogP contribution < -0.4 is 10.5 Å². The molecular formula is C16H16N2O. The summed E-state index contributed by atoms with van der Waals surface area (Å²) >= 11 is 0. The molecular weight excluding hydrogens is 236 g/mol. The minimum atomic E-state index is -0.0749. The third-order valence-electron chi connectivity index (χ3n) is 2.84. The van der Waals surface area contributed by atoms with Gasteiger partial charge >= 0.3 is 0 Å². The summed E-state index contributed by atoms with van der Waals surface area (Å²) in [7, 11) is 0. The first-order valence-electron chi connectivity index (χ1n) is 6.19. The molecule has 0 unspecified atom stereocenters. The second-order valence-electron chi connectivity index (χ2n) is 4.41. The van der Waals surface area contributed by atoms with Crippen LogP contribution in [0.4, 0.5) is 0 Å². The number of nitrogens with zero attached hydrogens (tertiary/aromatic N) is 1. The smallest absolute Gasteiger partial charge is 0.132 e. The van der Waals surface area contributed by atoms with E-state index in [1.54, 1.807) is 0 Å². The summed E-state index contributed by atoms with van der Waals surface area (Å²) in [6, 6.07) is 17.3. The van der Waals surface area contributed by atoms with Crippen LogP contribution in [0, 0.1) is 11.3 Å². The van der Waals surface area contributed by atoms with E-state index in [9.17, 15) is 0 Å². The maximum Gasteiger partial charge on any atom is 0.132 e. The fourth-order valence-electron chi connectivity index (χ4n) is 1.84. The Balaban J connectivity index is 2.19. The number of ether oxygens (including phenoxy) is 1. The third kappa shape index (κ3) is 3.34. The molecule has 0 radical (unpaired) electrons. The first-order chi connectivity index (χ1) is 9.20. The molecule has 0 spiro atoms. The second kappa shape index (κ2) is 6.03. The second-order valence-corrected chi connectivity index (χ2v) is 4.41. The molecule has 96 valence electrons. The minimum Gasteiger partial charge on any atom is -0.457 e. The van der Waals surface area contributed by atoms with Crippen LogP contribution in [0.25, 0.3) is 0 Å². The minimum absolute atomic E-state index is 0.0749. The Morgan fingerprint density at radius 2 is 1.84 bits per heavy atom. The van der Waals surface area contributed by atoms with E-state index in [1.165, 1.54) is 0 Å². The molecule has 2 aromatic carbocycles. The monoisotopic (exact) mass is 252 g/mol. The molecule has 0 saturated heterocycles. The number of nitriles is 1. The van der Waals surface area contributed by atoms with Crippen molar-refractivity contribution in [1.82, 2.24) is 0 Å². The fraction of sp³-hybridized carbons (Fsp3) is 0.188. The lowest BCUT2D eigenvalue weighted by Gasteiger charge is -2.13. The lowest BCUT2D eigenvalue weighted by molar-refractivity contribution is 0.472. The average Bonchev–Trinajstić information content (AvgIpc) is 2.42. The SMILES string of the molecule is C[C@H](N)c1ccccc1Oc1ccc(CC#N)cc1. The fourth-order valence-corrected chi connectivity index (χ4v) is 1.84. The molecule has 0 aliphatic heterocycles. The van der Waals surface area contributed by atoms with Crippen LogP contribution in [0.3, 0.4) is 0 Å². The van der Waals surface area contributed by atoms with Crippen LogP contribution in [0.5, 0.6) is 11.5 Å². The number of hydrogen-bond acceptors (Lipinski definition) is 3.